The lowest BCUT2D eigenvalue weighted by Gasteiger charge is -2.54. The first kappa shape index (κ1) is 87.5. The molecule has 17 rings (SSSR count). The minimum Gasteiger partial charge on any atom is -0.497 e. The maximum atomic E-state index is 8.12. The van der Waals surface area contributed by atoms with Crippen LogP contribution in [0.15, 0.2) is 328 Å². The SMILES string of the molecule is COc1ccc(CO[C@@H]2[C@H](OCc3ccccc3)[C@H](O[C@H]3[C@H](OCc4ccccc4)[C@H](OCc4ccccc4)[C@H](O[C@@H]4[C@H](OCc5ccccc5)[C@H](O[C@H]5[C@H](OCc6ccccc6)[C@H](OCc6ccccc6)[C@H](OC)O[C@@H]5COCc5ccccc5)O[C@@H]5COC(c6ccccc6)O[C@@H]45)O[C@@H]3COCc3ccccc3)O[C@@H]3COC(c4ccccc4)O[C@@H]23)cc1. The van der Waals surface area contributed by atoms with Crippen LogP contribution in [-0.4, -0.2) is 163 Å². The van der Waals surface area contributed by atoms with Gasteiger partial charge in [0.2, 0.25) is 0 Å². The summed E-state index contributed by atoms with van der Waals surface area (Å²) in [5, 5.41) is 0. The number of hydrogen-bond acceptors (Lipinski definition) is 22. The van der Waals surface area contributed by atoms with E-state index in [1.807, 2.05) is 328 Å². The van der Waals surface area contributed by atoms with Gasteiger partial charge in [0.1, 0.15) is 103 Å². The number of hydrogen-bond donors (Lipinski definition) is 0. The molecule has 6 fully saturated rings. The molecule has 6 aliphatic rings. The van der Waals surface area contributed by atoms with E-state index in [4.69, 9.17) is 104 Å². The monoisotopic (exact) mass is 1700 g/mol. The van der Waals surface area contributed by atoms with Crippen molar-refractivity contribution in [2.75, 3.05) is 40.6 Å². The third-order valence-corrected chi connectivity index (χ3v) is 23.1. The molecule has 11 aromatic rings. The predicted molar refractivity (Wildman–Crippen MR) is 460 cm³/mol. The van der Waals surface area contributed by atoms with Crippen LogP contribution in [0.5, 0.6) is 5.75 Å². The predicted octanol–water partition coefficient (Wildman–Crippen LogP) is 16.5. The molecule has 125 heavy (non-hydrogen) atoms. The Balaban J connectivity index is 0.793. The summed E-state index contributed by atoms with van der Waals surface area (Å²) < 4.78 is 159. The van der Waals surface area contributed by atoms with Crippen molar-refractivity contribution in [2.24, 2.45) is 0 Å². The third kappa shape index (κ3) is 23.2. The summed E-state index contributed by atoms with van der Waals surface area (Å²) in [5.41, 5.74) is 9.62. The van der Waals surface area contributed by atoms with Crippen molar-refractivity contribution in [1.29, 1.82) is 0 Å². The van der Waals surface area contributed by atoms with E-state index in [0.717, 1.165) is 61.2 Å². The molecular weight excluding hydrogens is 1590 g/mol. The second-order valence-electron chi connectivity index (χ2n) is 31.8. The van der Waals surface area contributed by atoms with Gasteiger partial charge in [0.15, 0.2) is 37.7 Å². The Kier molecular flexibility index (Phi) is 31.3. The van der Waals surface area contributed by atoms with Gasteiger partial charge in [-0.15, -0.1) is 0 Å². The van der Waals surface area contributed by atoms with E-state index in [1.54, 1.807) is 14.2 Å². The van der Waals surface area contributed by atoms with Crippen LogP contribution in [0.4, 0.5) is 0 Å². The molecule has 0 N–H and O–H groups in total. The van der Waals surface area contributed by atoms with Gasteiger partial charge in [-0.2, -0.15) is 0 Å². The van der Waals surface area contributed by atoms with Crippen LogP contribution >= 0.6 is 0 Å². The zero-order valence-electron chi connectivity index (χ0n) is 70.1. The Labute approximate surface area is 730 Å². The van der Waals surface area contributed by atoms with Crippen LogP contribution in [0.3, 0.4) is 0 Å². The second kappa shape index (κ2) is 44.7. The first-order chi connectivity index (χ1) is 61.9. The summed E-state index contributed by atoms with van der Waals surface area (Å²) in [7, 11) is 3.24. The normalized spacial score (nSPS) is 28.5. The average molecular weight is 1700 g/mol. The lowest BCUT2D eigenvalue weighted by atomic mass is 9.94. The Morgan fingerprint density at radius 1 is 0.240 bits per heavy atom. The van der Waals surface area contributed by atoms with Crippen molar-refractivity contribution in [2.45, 2.75) is 195 Å². The molecule has 0 spiro atoms. The van der Waals surface area contributed by atoms with Crippen molar-refractivity contribution < 1.29 is 104 Å². The van der Waals surface area contributed by atoms with E-state index in [2.05, 4.69) is 0 Å². The van der Waals surface area contributed by atoms with Crippen molar-refractivity contribution in [3.05, 3.63) is 389 Å². The maximum absolute atomic E-state index is 8.12. The summed E-state index contributed by atoms with van der Waals surface area (Å²) in [6.45, 7) is 1.18. The third-order valence-electron chi connectivity index (χ3n) is 23.1. The van der Waals surface area contributed by atoms with Gasteiger partial charge < -0.3 is 104 Å². The fraction of sp³-hybridized carbons (Fsp3) is 0.359. The number of fused-ring (bicyclic) bond motifs is 2. The number of methoxy groups -OCH3 is 2. The van der Waals surface area contributed by atoms with Gasteiger partial charge >= 0.3 is 0 Å². The van der Waals surface area contributed by atoms with E-state index in [1.165, 1.54) is 0 Å². The van der Waals surface area contributed by atoms with Crippen LogP contribution in [0, 0.1) is 0 Å². The van der Waals surface area contributed by atoms with Crippen molar-refractivity contribution in [3.63, 3.8) is 0 Å². The summed E-state index contributed by atoms with van der Waals surface area (Å²) in [5.74, 6) is 0.704. The van der Waals surface area contributed by atoms with Crippen LogP contribution in [0.25, 0.3) is 0 Å². The van der Waals surface area contributed by atoms with Crippen molar-refractivity contribution in [1.82, 2.24) is 0 Å². The molecule has 22 atom stereocenters. The van der Waals surface area contributed by atoms with Gasteiger partial charge in [-0.25, -0.2) is 0 Å². The van der Waals surface area contributed by atoms with E-state index >= 15 is 0 Å². The highest BCUT2D eigenvalue weighted by Gasteiger charge is 2.61. The summed E-state index contributed by atoms with van der Waals surface area (Å²) >= 11 is 0. The van der Waals surface area contributed by atoms with E-state index in [-0.39, 0.29) is 85.9 Å². The molecule has 0 amide bonds. The van der Waals surface area contributed by atoms with E-state index < -0.39 is 135 Å². The van der Waals surface area contributed by atoms with Crippen molar-refractivity contribution >= 4 is 0 Å². The highest BCUT2D eigenvalue weighted by atomic mass is 16.8. The fourth-order valence-electron chi connectivity index (χ4n) is 16.7. The maximum Gasteiger partial charge on any atom is 0.187 e. The summed E-state index contributed by atoms with van der Waals surface area (Å²) in [4.78, 5) is 0. The van der Waals surface area contributed by atoms with Gasteiger partial charge in [-0.05, 0) is 62.2 Å². The molecule has 22 nitrogen and oxygen atoms in total. The largest absolute Gasteiger partial charge is 0.497 e. The molecule has 0 aliphatic carbocycles. The van der Waals surface area contributed by atoms with Crippen LogP contribution in [-0.2, 0) is 159 Å². The van der Waals surface area contributed by atoms with Crippen LogP contribution < -0.4 is 4.74 Å². The summed E-state index contributed by atoms with van der Waals surface area (Å²) in [6.07, 6.45) is -22.9. The zero-order chi connectivity index (χ0) is 84.6. The minimum atomic E-state index is -1.41. The first-order valence-electron chi connectivity index (χ1n) is 43.0. The molecule has 0 saturated carbocycles. The quantitative estimate of drug-likeness (QED) is 0.0351. The van der Waals surface area contributed by atoms with E-state index in [9.17, 15) is 0 Å². The Hall–Kier alpha value is -9.62. The lowest BCUT2D eigenvalue weighted by Crippen LogP contribution is -2.70. The standard InChI is InChI=1S/C103H108O22/c1-104-81-55-53-78(54-56-81)65-110-92-88-84(68-115-98(121-88)79-49-29-11-30-50-79)119-101(95(92)112-62-75-43-23-8-24-44-75)123-87-83(67-107-58-71-35-15-4-16-36-71)118-102(96(113-63-76-45-25-9-26-46-76)91(87)109-60-73-39-19-6-20-40-73)125-93-89-85(69-116-99(122-89)80-51-31-12-32-52-80)120-103(97(93)114-64-77-47-27-10-28-48-77)124-86-82(66-106-57-70-33-13-3-14-34-70)117-100(105-2)94(111-61-74-41-21-7-22-42-74)90(86)108-59-72-37-17-5-18-38-72/h3-56,82-103H,57-69H2,1-2H3/t82-,83-,84-,85-,86-,87-,88-,89-,90+,91+,92+,93+,94+,95+,96+,97+,98?,99?,100-,101+,102+,103+/m1/s1. The zero-order valence-corrected chi connectivity index (χ0v) is 70.1. The Morgan fingerprint density at radius 2 is 0.504 bits per heavy atom. The van der Waals surface area contributed by atoms with Crippen LogP contribution in [0.1, 0.15) is 73.8 Å². The number of rotatable bonds is 39. The number of benzene rings is 11. The average Bonchev–Trinajstić information content (AvgIpc) is 0.753. The molecule has 0 radical (unpaired) electrons. The smallest absolute Gasteiger partial charge is 0.187 e. The lowest BCUT2D eigenvalue weighted by molar-refractivity contribution is -0.421. The van der Waals surface area contributed by atoms with Crippen molar-refractivity contribution in [3.8, 4) is 5.75 Å². The first-order valence-corrected chi connectivity index (χ1v) is 43.0. The number of ether oxygens (including phenoxy) is 22. The van der Waals surface area contributed by atoms with E-state index in [0.29, 0.717) is 5.75 Å². The van der Waals surface area contributed by atoms with Gasteiger partial charge in [0.05, 0.1) is 93.0 Å². The molecule has 11 aromatic carbocycles. The highest BCUT2D eigenvalue weighted by molar-refractivity contribution is 5.28. The molecule has 22 heteroatoms. The molecule has 6 saturated heterocycles. The van der Waals surface area contributed by atoms with Crippen LogP contribution in [0.2, 0.25) is 0 Å². The molecule has 652 valence electrons. The molecule has 6 aliphatic heterocycles. The topological polar surface area (TPSA) is 203 Å². The van der Waals surface area contributed by atoms with Gasteiger partial charge in [0.25, 0.3) is 0 Å². The molecular formula is C103H108O22. The molecule has 6 heterocycles. The fourth-order valence-corrected chi connectivity index (χ4v) is 16.7. The molecule has 0 aromatic heterocycles. The highest BCUT2D eigenvalue weighted by Crippen LogP contribution is 2.45. The Morgan fingerprint density at radius 3 is 0.848 bits per heavy atom. The van der Waals surface area contributed by atoms with Gasteiger partial charge in [-0.1, -0.05) is 315 Å². The van der Waals surface area contributed by atoms with Gasteiger partial charge in [-0.3, -0.25) is 0 Å². The minimum absolute atomic E-state index is 0.00130. The summed E-state index contributed by atoms with van der Waals surface area (Å²) in [6, 6.07) is 107. The molecule has 2 unspecified atom stereocenters. The Bertz CT molecular complexity index is 4900. The molecule has 0 bridgehead atoms. The second-order valence-corrected chi connectivity index (χ2v) is 31.8. The van der Waals surface area contributed by atoms with Gasteiger partial charge in [0, 0.05) is 18.2 Å².